The molecular weight excluding hydrogens is 1010 g/mol. The van der Waals surface area contributed by atoms with Gasteiger partial charge in [-0.05, 0) is 75.6 Å². The zero-order valence-corrected chi connectivity index (χ0v) is 42.2. The fraction of sp³-hybridized carbons (Fsp3) is 0.391. The first-order valence-corrected chi connectivity index (χ1v) is 24.2. The highest BCUT2D eigenvalue weighted by Crippen LogP contribution is 2.06. The fourth-order valence-corrected chi connectivity index (χ4v) is 4.88. The van der Waals surface area contributed by atoms with Gasteiger partial charge in [0.15, 0.2) is 12.2 Å². The van der Waals surface area contributed by atoms with Crippen LogP contribution < -0.4 is 28.7 Å². The third-order valence-electron chi connectivity index (χ3n) is 7.82. The molecule has 27 heteroatoms. The molecule has 4 aromatic carbocycles. The molecule has 0 saturated carbocycles. The maximum Gasteiger partial charge on any atom is 0.394 e. The van der Waals surface area contributed by atoms with Crippen molar-refractivity contribution in [1.29, 1.82) is 0 Å². The van der Waals surface area contributed by atoms with Crippen molar-refractivity contribution in [3.8, 4) is 0 Å². The topological polar surface area (TPSA) is 509 Å². The van der Waals surface area contributed by atoms with E-state index in [4.69, 9.17) is 105 Å². The Labute approximate surface area is 425 Å². The highest BCUT2D eigenvalue weighted by atomic mass is 32.3. The third-order valence-corrected chi connectivity index (χ3v) is 7.82. The van der Waals surface area contributed by atoms with Gasteiger partial charge in [0.1, 0.15) is 18.2 Å². The maximum absolute atomic E-state index is 10.1. The summed E-state index contributed by atoms with van der Waals surface area (Å²) in [4.78, 5) is 39.8. The number of carboxylic acids is 4. The lowest BCUT2D eigenvalue weighted by atomic mass is 10.0. The molecule has 0 amide bonds. The molecule has 414 valence electrons. The van der Waals surface area contributed by atoms with Gasteiger partial charge in [-0.3, -0.25) is 27.8 Å². The van der Waals surface area contributed by atoms with Gasteiger partial charge in [-0.15, -0.1) is 0 Å². The summed E-state index contributed by atoms with van der Waals surface area (Å²) in [7, 11) is -9.33. The SMILES string of the molecule is CC(N)Cc1ccccc1.CC(N)Cc1ccccc1.C[C@@H](N)Cc1ccccc1.C[C@@H](N)Cc1ccccc1.N[C@@H](CC(=O)O)C(=O)O.O=C(O)[C@@H](O)[C@@H](O)[C@H](O)[C@@H](O)C(=O)O.O=S(=O)(O)O.O=S(=O)(O)O. The van der Waals surface area contributed by atoms with Crippen LogP contribution in [0.15, 0.2) is 121 Å². The molecule has 0 bridgehead atoms. The number of hydrogen-bond acceptors (Lipinski definition) is 17. The van der Waals surface area contributed by atoms with Gasteiger partial charge in [-0.2, -0.15) is 16.8 Å². The van der Waals surface area contributed by atoms with E-state index < -0.39 is 81.6 Å². The number of aliphatic carboxylic acids is 4. The van der Waals surface area contributed by atoms with Crippen molar-refractivity contribution in [3.63, 3.8) is 0 Å². The van der Waals surface area contributed by atoms with Crippen LogP contribution in [-0.2, 0) is 65.7 Å². The van der Waals surface area contributed by atoms with Crippen LogP contribution in [0.1, 0.15) is 56.4 Å². The molecule has 9 atom stereocenters. The number of aliphatic hydroxyl groups is 4. The van der Waals surface area contributed by atoms with Gasteiger partial charge in [0.2, 0.25) is 0 Å². The molecule has 22 N–H and O–H groups in total. The minimum absolute atomic E-state index is 0.266. The number of nitrogens with two attached hydrogens (primary N) is 5. The Bertz CT molecular complexity index is 2020. The zero-order valence-electron chi connectivity index (χ0n) is 40.6. The van der Waals surface area contributed by atoms with Crippen LogP contribution in [0.3, 0.4) is 0 Å². The summed E-state index contributed by atoms with van der Waals surface area (Å²) in [6, 6.07) is 41.0. The van der Waals surface area contributed by atoms with E-state index in [1.807, 2.05) is 100 Å². The number of rotatable bonds is 16. The maximum atomic E-state index is 10.1. The van der Waals surface area contributed by atoms with Gasteiger partial charge in [-0.1, -0.05) is 121 Å². The molecule has 25 nitrogen and oxygen atoms in total. The predicted octanol–water partition coefficient (Wildman–Crippen LogP) is 0.472. The third kappa shape index (κ3) is 55.3. The monoisotopic (exact) mass is 1080 g/mol. The van der Waals surface area contributed by atoms with E-state index >= 15 is 0 Å². The lowest BCUT2D eigenvalue weighted by molar-refractivity contribution is -0.172. The first kappa shape index (κ1) is 73.7. The smallest absolute Gasteiger partial charge is 0.394 e. The van der Waals surface area contributed by atoms with Gasteiger partial charge >= 0.3 is 44.7 Å². The largest absolute Gasteiger partial charge is 0.481 e. The molecule has 0 radical (unpaired) electrons. The molecule has 0 aromatic heterocycles. The second kappa shape index (κ2) is 41.6. The van der Waals surface area contributed by atoms with Crippen molar-refractivity contribution < 1.29 is 95.1 Å². The summed E-state index contributed by atoms with van der Waals surface area (Å²) in [5.41, 5.74) is 32.6. The van der Waals surface area contributed by atoms with Crippen molar-refractivity contribution >= 4 is 44.7 Å². The number of benzene rings is 4. The van der Waals surface area contributed by atoms with E-state index in [1.165, 1.54) is 22.3 Å². The van der Waals surface area contributed by atoms with Crippen molar-refractivity contribution in [2.24, 2.45) is 28.7 Å². The molecule has 4 aromatic rings. The summed E-state index contributed by atoms with van der Waals surface area (Å²) >= 11 is 0. The second-order valence-corrected chi connectivity index (χ2v) is 17.4. The highest BCUT2D eigenvalue weighted by Gasteiger charge is 2.37. The van der Waals surface area contributed by atoms with E-state index in [1.54, 1.807) is 0 Å². The van der Waals surface area contributed by atoms with E-state index in [-0.39, 0.29) is 24.2 Å². The number of aliphatic hydroxyl groups excluding tert-OH is 4. The quantitative estimate of drug-likeness (QED) is 0.0678. The average molecular weight is 1080 g/mol. The Morgan fingerprint density at radius 2 is 0.575 bits per heavy atom. The number of carbonyl (C=O) groups is 4. The molecule has 73 heavy (non-hydrogen) atoms. The summed E-state index contributed by atoms with van der Waals surface area (Å²) in [6.45, 7) is 8.08. The van der Waals surface area contributed by atoms with E-state index in [9.17, 15) is 19.2 Å². The minimum Gasteiger partial charge on any atom is -0.481 e. The van der Waals surface area contributed by atoms with Gasteiger partial charge in [0, 0.05) is 24.2 Å². The lowest BCUT2D eigenvalue weighted by Crippen LogP contribution is -2.49. The van der Waals surface area contributed by atoms with Crippen molar-refractivity contribution in [2.75, 3.05) is 0 Å². The van der Waals surface area contributed by atoms with E-state index in [2.05, 4.69) is 48.5 Å². The number of hydrogen-bond donors (Lipinski definition) is 17. The first-order valence-electron chi connectivity index (χ1n) is 21.4. The van der Waals surface area contributed by atoms with Gasteiger partial charge in [0.25, 0.3) is 0 Å². The van der Waals surface area contributed by atoms with Crippen LogP contribution in [-0.4, -0.2) is 154 Å². The van der Waals surface area contributed by atoms with Crippen molar-refractivity contribution in [1.82, 2.24) is 0 Å². The molecule has 0 fully saturated rings. The number of carboxylic acid groups (broad SMARTS) is 4. The molecule has 2 unspecified atom stereocenters. The molecule has 0 heterocycles. The van der Waals surface area contributed by atoms with Crippen LogP contribution in [0.2, 0.25) is 0 Å². The second-order valence-electron chi connectivity index (χ2n) is 15.7. The zero-order chi connectivity index (χ0) is 57.5. The molecule has 0 aliphatic rings. The Balaban J connectivity index is -0.000000379. The first-order chi connectivity index (χ1) is 33.5. The normalized spacial score (nSPS) is 14.0. The summed E-state index contributed by atoms with van der Waals surface area (Å²) in [6.07, 6.45) is -5.92. The Hall–Kier alpha value is -5.86. The van der Waals surface area contributed by atoms with E-state index in [0.29, 0.717) is 0 Å². The Kier molecular flexibility index (Phi) is 42.0. The van der Waals surface area contributed by atoms with Crippen LogP contribution in [0.4, 0.5) is 0 Å². The minimum atomic E-state index is -4.67. The molecule has 0 spiro atoms. The van der Waals surface area contributed by atoms with Gasteiger partial charge in [-0.25, -0.2) is 9.59 Å². The molecule has 0 aliphatic carbocycles. The van der Waals surface area contributed by atoms with Crippen LogP contribution >= 0.6 is 0 Å². The van der Waals surface area contributed by atoms with E-state index in [0.717, 1.165) is 25.7 Å². The van der Waals surface area contributed by atoms with Gasteiger partial charge < -0.3 is 69.5 Å². The Morgan fingerprint density at radius 3 is 0.685 bits per heavy atom. The average Bonchev–Trinajstić information content (AvgIpc) is 3.25. The molecule has 0 aliphatic heterocycles. The summed E-state index contributed by atoms with van der Waals surface area (Å²) < 4.78 is 63.2. The lowest BCUT2D eigenvalue weighted by Gasteiger charge is -2.21. The Morgan fingerprint density at radius 1 is 0.397 bits per heavy atom. The standard InChI is InChI=1S/4C9H13N.C6H10O8.C4H7NO4.2H2O4S/c4*1-8(10)7-9-5-3-2-4-6-9;7-1(3(9)5(11)12)2(8)4(10)6(13)14;5-2(4(8)9)1-3(6)7;2*1-5(2,3)4/h4*2-6,8H,7,10H2,1H3;1-4,7-10H,(H,11,12)(H,13,14);2H,1,5H2,(H,6,7)(H,8,9);2*(H2,1,2,3,4)/t2*8-;;;1-,2-,3-,4+;2-;;/m11..00../s1. The van der Waals surface area contributed by atoms with Crippen LogP contribution in [0.5, 0.6) is 0 Å². The summed E-state index contributed by atoms with van der Waals surface area (Å²) in [5, 5.41) is 67.5. The fourth-order valence-electron chi connectivity index (χ4n) is 4.88. The molecular formula is C46H73N5O20S2. The predicted molar refractivity (Wildman–Crippen MR) is 271 cm³/mol. The van der Waals surface area contributed by atoms with Crippen LogP contribution in [0, 0.1) is 0 Å². The molecule has 4 rings (SSSR count). The highest BCUT2D eigenvalue weighted by molar-refractivity contribution is 7.80. The molecule has 0 saturated heterocycles. The van der Waals surface area contributed by atoms with Crippen LogP contribution in [0.25, 0.3) is 0 Å². The van der Waals surface area contributed by atoms with Crippen molar-refractivity contribution in [2.45, 2.75) is 114 Å². The van der Waals surface area contributed by atoms with Crippen molar-refractivity contribution in [3.05, 3.63) is 144 Å². The summed E-state index contributed by atoms with van der Waals surface area (Å²) in [5.74, 6) is -6.18. The van der Waals surface area contributed by atoms with Gasteiger partial charge in [0.05, 0.1) is 6.42 Å².